The fourth-order valence-corrected chi connectivity index (χ4v) is 9.45. The molecule has 0 saturated heterocycles. The molecule has 0 spiro atoms. The SMILES string of the molecule is CCCCCCCCCCCCCCCCOc1ccc(S(=O)(=O)NC(=O)CC)cc1NC(=O)C(C)C1=Nc2ccccc2S(=O)(=O)N1CC.COC(C)=O.c1ccc2c(c1)NNN2. The fraction of sp³-hybridized carbons (Fsp3) is 0.522. The Morgan fingerprint density at radius 3 is 1.84 bits per heavy atom. The van der Waals surface area contributed by atoms with Gasteiger partial charge in [0.05, 0.1) is 47.3 Å². The van der Waals surface area contributed by atoms with E-state index in [4.69, 9.17) is 4.74 Å². The molecule has 18 heteroatoms. The van der Waals surface area contributed by atoms with Crippen molar-refractivity contribution in [3.63, 3.8) is 0 Å². The first kappa shape index (κ1) is 53.1. The van der Waals surface area contributed by atoms with Crippen LogP contribution in [0.15, 0.2) is 81.5 Å². The summed E-state index contributed by atoms with van der Waals surface area (Å²) in [5.74, 6) is -2.24. The number of benzene rings is 3. The van der Waals surface area contributed by atoms with Crippen LogP contribution >= 0.6 is 0 Å². The Balaban J connectivity index is 0.000000654. The number of esters is 1. The third kappa shape index (κ3) is 17.1. The second kappa shape index (κ2) is 27.9. The molecule has 0 radical (unpaired) electrons. The minimum absolute atomic E-state index is 0.0250. The summed E-state index contributed by atoms with van der Waals surface area (Å²) in [5.41, 5.74) is 11.2. The van der Waals surface area contributed by atoms with Gasteiger partial charge in [0.15, 0.2) is 0 Å². The number of methoxy groups -OCH3 is 1. The van der Waals surface area contributed by atoms with Crippen molar-refractivity contribution in [3.05, 3.63) is 66.7 Å². The quantitative estimate of drug-likeness (QED) is 0.0445. The standard InChI is InChI=1S/C37H56N4O7S2.C6H7N3.C3H6O2/c1-5-8-9-10-11-12-13-14-15-16-17-18-19-22-27-48-33-26-25-30(49(44,45)40-35(42)6-2)28-32(33)39-37(43)29(4)36-38-31-23-20-21-24-34(31)50(46,47)41(36)7-3;1-2-4-6-5(3-1)7-9-8-6;1-3(4)5-2/h20-21,23-26,28-29H,5-19,22,27H2,1-4H3,(H,39,43)(H,40,42);1-4,7-9H;1-2H3. The van der Waals surface area contributed by atoms with Crippen LogP contribution in [0, 0.1) is 5.92 Å². The lowest BCUT2D eigenvalue weighted by Crippen LogP contribution is -2.45. The molecule has 2 aliphatic rings. The number of nitrogens with zero attached hydrogens (tertiary/aromatic N) is 2. The predicted octanol–water partition coefficient (Wildman–Crippen LogP) is 9.21. The number of hydrogen-bond donors (Lipinski definition) is 5. The van der Waals surface area contributed by atoms with E-state index in [2.05, 4.69) is 38.4 Å². The Bertz CT molecular complexity index is 2180. The topological polar surface area (TPSA) is 214 Å². The largest absolute Gasteiger partial charge is 0.491 e. The summed E-state index contributed by atoms with van der Waals surface area (Å²) in [6, 6.07) is 18.3. The average Bonchev–Trinajstić information content (AvgIpc) is 3.77. The van der Waals surface area contributed by atoms with Gasteiger partial charge in [0.2, 0.25) is 11.8 Å². The van der Waals surface area contributed by atoms with Crippen LogP contribution in [0.2, 0.25) is 0 Å². The predicted molar refractivity (Wildman–Crippen MR) is 253 cm³/mol. The second-order valence-corrected chi connectivity index (χ2v) is 18.9. The van der Waals surface area contributed by atoms with Gasteiger partial charge in [-0.3, -0.25) is 18.7 Å². The van der Waals surface area contributed by atoms with Gasteiger partial charge in [-0.05, 0) is 62.7 Å². The number of unbranched alkanes of at least 4 members (excludes halogenated alkanes) is 13. The molecule has 2 heterocycles. The van der Waals surface area contributed by atoms with E-state index in [0.29, 0.717) is 6.61 Å². The molecule has 1 unspecified atom stereocenters. The maximum absolute atomic E-state index is 13.7. The van der Waals surface area contributed by atoms with E-state index < -0.39 is 37.8 Å². The molecule has 16 nitrogen and oxygen atoms in total. The minimum Gasteiger partial charge on any atom is -0.491 e. The maximum atomic E-state index is 13.7. The first-order valence-corrected chi connectivity index (χ1v) is 25.4. The monoisotopic (exact) mass is 927 g/mol. The van der Waals surface area contributed by atoms with Gasteiger partial charge in [0.25, 0.3) is 20.0 Å². The van der Waals surface area contributed by atoms with Gasteiger partial charge in [0, 0.05) is 19.9 Å². The number of carbonyl (C=O) groups is 3. The van der Waals surface area contributed by atoms with Crippen molar-refractivity contribution in [2.24, 2.45) is 10.9 Å². The highest BCUT2D eigenvalue weighted by Gasteiger charge is 2.37. The third-order valence-electron chi connectivity index (χ3n) is 10.4. The Kier molecular flexibility index (Phi) is 23.1. The van der Waals surface area contributed by atoms with Crippen LogP contribution in [-0.2, 0) is 39.2 Å². The highest BCUT2D eigenvalue weighted by Crippen LogP contribution is 2.35. The van der Waals surface area contributed by atoms with Crippen molar-refractivity contribution in [1.82, 2.24) is 14.6 Å². The summed E-state index contributed by atoms with van der Waals surface area (Å²) < 4.78 is 65.9. The van der Waals surface area contributed by atoms with Crippen LogP contribution in [0.4, 0.5) is 22.7 Å². The van der Waals surface area contributed by atoms with Gasteiger partial charge in [-0.25, -0.2) is 26.6 Å². The van der Waals surface area contributed by atoms with Crippen molar-refractivity contribution < 1.29 is 40.7 Å². The van der Waals surface area contributed by atoms with Gasteiger partial charge in [-0.1, -0.05) is 122 Å². The Morgan fingerprint density at radius 2 is 1.31 bits per heavy atom. The molecule has 3 aromatic rings. The number of para-hydroxylation sites is 3. The zero-order chi connectivity index (χ0) is 47.0. The molecule has 2 aliphatic heterocycles. The van der Waals surface area contributed by atoms with Gasteiger partial charge in [0.1, 0.15) is 16.5 Å². The molecule has 1 atom stereocenters. The fourth-order valence-electron chi connectivity index (χ4n) is 6.72. The highest BCUT2D eigenvalue weighted by molar-refractivity contribution is 7.90. The summed E-state index contributed by atoms with van der Waals surface area (Å²) in [4.78, 5) is 39.5. The number of amides is 2. The van der Waals surface area contributed by atoms with Crippen LogP contribution < -0.4 is 31.2 Å². The summed E-state index contributed by atoms with van der Waals surface area (Å²) in [6.07, 6.45) is 17.2. The number of hydrazine groups is 2. The number of ether oxygens (including phenoxy) is 2. The lowest BCUT2D eigenvalue weighted by Gasteiger charge is -2.31. The van der Waals surface area contributed by atoms with Gasteiger partial charge in [-0.15, -0.1) is 5.53 Å². The number of hydrogen-bond acceptors (Lipinski definition) is 13. The molecule has 2 amide bonds. The number of nitrogens with one attached hydrogen (secondary N) is 5. The van der Waals surface area contributed by atoms with Crippen molar-refractivity contribution in [3.8, 4) is 5.75 Å². The molecular weight excluding hydrogens is 859 g/mol. The zero-order valence-corrected chi connectivity index (χ0v) is 40.0. The molecule has 64 heavy (non-hydrogen) atoms. The molecule has 0 aliphatic carbocycles. The smallest absolute Gasteiger partial charge is 0.302 e. The molecule has 0 aromatic heterocycles. The normalized spacial score (nSPS) is 13.7. The number of rotatable bonds is 23. The molecule has 5 rings (SSSR count). The van der Waals surface area contributed by atoms with Crippen LogP contribution in [0.1, 0.15) is 131 Å². The Labute approximate surface area is 380 Å². The average molecular weight is 928 g/mol. The van der Waals surface area contributed by atoms with E-state index in [1.54, 1.807) is 25.1 Å². The van der Waals surface area contributed by atoms with Gasteiger partial charge < -0.3 is 25.6 Å². The highest BCUT2D eigenvalue weighted by atomic mass is 32.2. The van der Waals surface area contributed by atoms with E-state index in [1.165, 1.54) is 123 Å². The van der Waals surface area contributed by atoms with Crippen LogP contribution in [0.3, 0.4) is 0 Å². The maximum Gasteiger partial charge on any atom is 0.302 e. The molecule has 5 N–H and O–H groups in total. The van der Waals surface area contributed by atoms with Crippen molar-refractivity contribution in [1.29, 1.82) is 0 Å². The van der Waals surface area contributed by atoms with E-state index in [-0.39, 0.29) is 51.7 Å². The summed E-state index contributed by atoms with van der Waals surface area (Å²) in [6.45, 7) is 8.77. The minimum atomic E-state index is -4.22. The summed E-state index contributed by atoms with van der Waals surface area (Å²) in [7, 11) is -6.80. The van der Waals surface area contributed by atoms with E-state index in [0.717, 1.165) is 34.9 Å². The van der Waals surface area contributed by atoms with E-state index >= 15 is 0 Å². The number of amidine groups is 1. The van der Waals surface area contributed by atoms with Gasteiger partial charge in [-0.2, -0.15) is 0 Å². The van der Waals surface area contributed by atoms with Crippen LogP contribution in [-0.4, -0.2) is 65.0 Å². The van der Waals surface area contributed by atoms with Crippen molar-refractivity contribution in [2.45, 2.75) is 141 Å². The Morgan fingerprint density at radius 1 is 0.781 bits per heavy atom. The number of carbonyl (C=O) groups excluding carboxylic acids is 3. The lowest BCUT2D eigenvalue weighted by molar-refractivity contribution is -0.138. The number of anilines is 3. The molecule has 0 fully saturated rings. The molecule has 354 valence electrons. The van der Waals surface area contributed by atoms with Crippen molar-refractivity contribution in [2.75, 3.05) is 36.4 Å². The molecule has 0 saturated carbocycles. The second-order valence-electron chi connectivity index (χ2n) is 15.4. The summed E-state index contributed by atoms with van der Waals surface area (Å²) >= 11 is 0. The zero-order valence-electron chi connectivity index (χ0n) is 38.3. The molecular formula is C46H69N7O9S2. The first-order chi connectivity index (χ1) is 30.7. The lowest BCUT2D eigenvalue weighted by atomic mass is 10.0. The number of sulfonamides is 2. The van der Waals surface area contributed by atoms with Crippen LogP contribution in [0.5, 0.6) is 5.75 Å². The van der Waals surface area contributed by atoms with Gasteiger partial charge >= 0.3 is 5.97 Å². The number of fused-ring (bicyclic) bond motifs is 2. The molecule has 3 aromatic carbocycles. The molecule has 0 bridgehead atoms. The van der Waals surface area contributed by atoms with Crippen molar-refractivity contribution >= 4 is 66.4 Å². The van der Waals surface area contributed by atoms with Crippen LogP contribution in [0.25, 0.3) is 0 Å². The Hall–Kier alpha value is -5.20. The van der Waals surface area contributed by atoms with E-state index in [9.17, 15) is 31.2 Å². The first-order valence-electron chi connectivity index (χ1n) is 22.4. The third-order valence-corrected chi connectivity index (χ3v) is 13.7. The van der Waals surface area contributed by atoms with E-state index in [1.807, 2.05) is 29.0 Å². The summed E-state index contributed by atoms with van der Waals surface area (Å²) in [5, 5.41) is 2.74. The number of aliphatic imine (C=N–C) groups is 1.